The molecular weight excluding hydrogens is 206 g/mol. The highest BCUT2D eigenvalue weighted by atomic mass is 16.5. The molecule has 1 aliphatic heterocycles. The molecule has 4 nitrogen and oxygen atoms in total. The predicted molar refractivity (Wildman–Crippen MR) is 60.8 cm³/mol. The number of amides is 1. The van der Waals surface area contributed by atoms with E-state index in [1.165, 1.54) is 7.11 Å². The number of likely N-dealkylation sites (tertiary alicyclic amines) is 1. The Bertz CT molecular complexity index is 265. The fraction of sp³-hybridized carbons (Fsp3) is 0.833. The van der Waals surface area contributed by atoms with Crippen LogP contribution in [0.1, 0.15) is 33.1 Å². The normalized spacial score (nSPS) is 21.9. The van der Waals surface area contributed by atoms with Crippen LogP contribution >= 0.6 is 0 Å². The number of carbonyl (C=O) groups is 2. The summed E-state index contributed by atoms with van der Waals surface area (Å²) < 4.78 is 4.69. The van der Waals surface area contributed by atoms with E-state index in [0.29, 0.717) is 13.1 Å². The summed E-state index contributed by atoms with van der Waals surface area (Å²) in [5.74, 6) is -0.0733. The van der Waals surface area contributed by atoms with E-state index in [1.807, 2.05) is 6.92 Å². The number of carbonyl (C=O) groups excluding carboxylic acids is 2. The molecule has 0 radical (unpaired) electrons. The fourth-order valence-corrected chi connectivity index (χ4v) is 2.19. The third-order valence-electron chi connectivity index (χ3n) is 3.18. The number of hydrogen-bond acceptors (Lipinski definition) is 3. The van der Waals surface area contributed by atoms with E-state index in [-0.39, 0.29) is 23.7 Å². The van der Waals surface area contributed by atoms with E-state index in [9.17, 15) is 9.59 Å². The molecule has 0 bridgehead atoms. The van der Waals surface area contributed by atoms with E-state index in [4.69, 9.17) is 4.74 Å². The first-order chi connectivity index (χ1) is 7.60. The number of ether oxygens (including phenoxy) is 1. The van der Waals surface area contributed by atoms with Gasteiger partial charge in [0.1, 0.15) is 0 Å². The Morgan fingerprint density at radius 3 is 2.75 bits per heavy atom. The molecule has 1 aliphatic rings. The number of methoxy groups -OCH3 is 1. The molecule has 0 aliphatic carbocycles. The van der Waals surface area contributed by atoms with Crippen molar-refractivity contribution in [1.82, 2.24) is 4.90 Å². The molecule has 16 heavy (non-hydrogen) atoms. The monoisotopic (exact) mass is 227 g/mol. The van der Waals surface area contributed by atoms with Crippen LogP contribution in [0.3, 0.4) is 0 Å². The second kappa shape index (κ2) is 5.87. The first kappa shape index (κ1) is 13.0. The minimum absolute atomic E-state index is 0.0707. The van der Waals surface area contributed by atoms with Crippen molar-refractivity contribution < 1.29 is 14.3 Å². The lowest BCUT2D eigenvalue weighted by Gasteiger charge is -2.20. The summed E-state index contributed by atoms with van der Waals surface area (Å²) >= 11 is 0. The number of nitrogens with zero attached hydrogens (tertiary/aromatic N) is 1. The van der Waals surface area contributed by atoms with Crippen LogP contribution in [0.25, 0.3) is 0 Å². The van der Waals surface area contributed by atoms with Crippen LogP contribution in [0.5, 0.6) is 0 Å². The summed E-state index contributed by atoms with van der Waals surface area (Å²) in [6.45, 7) is 5.24. The summed E-state index contributed by atoms with van der Waals surface area (Å²) in [4.78, 5) is 25.1. The molecule has 1 rings (SSSR count). The Labute approximate surface area is 96.9 Å². The molecular formula is C12H21NO3. The second-order valence-electron chi connectivity index (χ2n) is 4.48. The van der Waals surface area contributed by atoms with E-state index >= 15 is 0 Å². The van der Waals surface area contributed by atoms with E-state index in [0.717, 1.165) is 19.3 Å². The Morgan fingerprint density at radius 2 is 2.19 bits per heavy atom. The topological polar surface area (TPSA) is 46.6 Å². The highest BCUT2D eigenvalue weighted by Crippen LogP contribution is 2.20. The van der Waals surface area contributed by atoms with E-state index in [2.05, 4.69) is 6.92 Å². The largest absolute Gasteiger partial charge is 0.469 e. The number of hydrogen-bond donors (Lipinski definition) is 0. The molecule has 0 aromatic heterocycles. The summed E-state index contributed by atoms with van der Waals surface area (Å²) in [6, 6.07) is 0. The Kier molecular flexibility index (Phi) is 4.77. The van der Waals surface area contributed by atoms with Gasteiger partial charge in [0, 0.05) is 19.0 Å². The third-order valence-corrected chi connectivity index (χ3v) is 3.18. The van der Waals surface area contributed by atoms with Gasteiger partial charge in [-0.3, -0.25) is 9.59 Å². The zero-order valence-corrected chi connectivity index (χ0v) is 10.4. The molecule has 4 heteroatoms. The van der Waals surface area contributed by atoms with Gasteiger partial charge in [0.2, 0.25) is 5.91 Å². The van der Waals surface area contributed by atoms with Crippen molar-refractivity contribution in [2.45, 2.75) is 33.1 Å². The summed E-state index contributed by atoms with van der Waals surface area (Å²) in [5.41, 5.74) is 0. The molecule has 0 N–H and O–H groups in total. The zero-order chi connectivity index (χ0) is 12.1. The SMILES string of the molecule is CCCC(C)C(=O)N1CCC(C(=O)OC)C1. The maximum atomic E-state index is 12.0. The van der Waals surface area contributed by atoms with Gasteiger partial charge in [-0.15, -0.1) is 0 Å². The molecule has 0 spiro atoms. The van der Waals surface area contributed by atoms with Gasteiger partial charge in [-0.2, -0.15) is 0 Å². The van der Waals surface area contributed by atoms with Crippen LogP contribution < -0.4 is 0 Å². The van der Waals surface area contributed by atoms with E-state index < -0.39 is 0 Å². The van der Waals surface area contributed by atoms with Crippen molar-refractivity contribution in [3.63, 3.8) is 0 Å². The molecule has 0 aromatic rings. The van der Waals surface area contributed by atoms with Crippen LogP contribution in [0.2, 0.25) is 0 Å². The van der Waals surface area contributed by atoms with Crippen molar-refractivity contribution in [2.75, 3.05) is 20.2 Å². The standard InChI is InChI=1S/C12H21NO3/c1-4-5-9(2)11(14)13-7-6-10(8-13)12(15)16-3/h9-10H,4-8H2,1-3H3. The van der Waals surface area contributed by atoms with Crippen LogP contribution in [0.15, 0.2) is 0 Å². The van der Waals surface area contributed by atoms with Crippen molar-refractivity contribution in [3.8, 4) is 0 Å². The van der Waals surface area contributed by atoms with Crippen molar-refractivity contribution in [2.24, 2.45) is 11.8 Å². The van der Waals surface area contributed by atoms with Gasteiger partial charge < -0.3 is 9.64 Å². The third kappa shape index (κ3) is 2.97. The fourth-order valence-electron chi connectivity index (χ4n) is 2.19. The first-order valence-corrected chi connectivity index (χ1v) is 5.96. The molecule has 1 amide bonds. The van der Waals surface area contributed by atoms with Crippen LogP contribution in [0.4, 0.5) is 0 Å². The van der Waals surface area contributed by atoms with E-state index in [1.54, 1.807) is 4.90 Å². The second-order valence-corrected chi connectivity index (χ2v) is 4.48. The lowest BCUT2D eigenvalue weighted by molar-refractivity contribution is -0.145. The van der Waals surface area contributed by atoms with Crippen molar-refractivity contribution in [1.29, 1.82) is 0 Å². The highest BCUT2D eigenvalue weighted by Gasteiger charge is 2.32. The molecule has 1 saturated heterocycles. The smallest absolute Gasteiger partial charge is 0.310 e. The lowest BCUT2D eigenvalue weighted by atomic mass is 10.0. The van der Waals surface area contributed by atoms with Gasteiger partial charge >= 0.3 is 5.97 Å². The highest BCUT2D eigenvalue weighted by molar-refractivity contribution is 5.80. The molecule has 1 heterocycles. The molecule has 1 fully saturated rings. The minimum atomic E-state index is -0.196. The van der Waals surface area contributed by atoms with Gasteiger partial charge in [-0.1, -0.05) is 20.3 Å². The van der Waals surface area contributed by atoms with Crippen molar-refractivity contribution in [3.05, 3.63) is 0 Å². The minimum Gasteiger partial charge on any atom is -0.469 e. The average Bonchev–Trinajstić information content (AvgIpc) is 2.76. The maximum absolute atomic E-state index is 12.0. The van der Waals surface area contributed by atoms with Gasteiger partial charge in [0.15, 0.2) is 0 Å². The Hall–Kier alpha value is -1.06. The summed E-state index contributed by atoms with van der Waals surface area (Å²) in [6.07, 6.45) is 2.66. The lowest BCUT2D eigenvalue weighted by Crippen LogP contribution is -2.34. The average molecular weight is 227 g/mol. The van der Waals surface area contributed by atoms with Gasteiger partial charge in [-0.05, 0) is 12.8 Å². The van der Waals surface area contributed by atoms with Gasteiger partial charge in [0.05, 0.1) is 13.0 Å². The summed E-state index contributed by atoms with van der Waals surface area (Å²) in [5, 5.41) is 0. The number of rotatable bonds is 4. The predicted octanol–water partition coefficient (Wildman–Crippen LogP) is 1.44. The summed E-state index contributed by atoms with van der Waals surface area (Å²) in [7, 11) is 1.40. The molecule has 0 aromatic carbocycles. The van der Waals surface area contributed by atoms with Crippen molar-refractivity contribution >= 4 is 11.9 Å². The molecule has 92 valence electrons. The zero-order valence-electron chi connectivity index (χ0n) is 10.4. The van der Waals surface area contributed by atoms with Crippen LogP contribution in [0, 0.1) is 11.8 Å². The van der Waals surface area contributed by atoms with Gasteiger partial charge in [0.25, 0.3) is 0 Å². The Balaban J connectivity index is 2.46. The quantitative estimate of drug-likeness (QED) is 0.683. The molecule has 2 atom stereocenters. The van der Waals surface area contributed by atoms with Crippen LogP contribution in [-0.4, -0.2) is 37.0 Å². The van der Waals surface area contributed by atoms with Crippen LogP contribution in [-0.2, 0) is 14.3 Å². The molecule has 2 unspecified atom stereocenters. The molecule has 0 saturated carbocycles. The first-order valence-electron chi connectivity index (χ1n) is 5.96. The maximum Gasteiger partial charge on any atom is 0.310 e. The van der Waals surface area contributed by atoms with Gasteiger partial charge in [-0.25, -0.2) is 0 Å². The Morgan fingerprint density at radius 1 is 1.50 bits per heavy atom. The number of esters is 1.